The van der Waals surface area contributed by atoms with Crippen molar-refractivity contribution in [3.05, 3.63) is 83.4 Å². The summed E-state index contributed by atoms with van der Waals surface area (Å²) < 4.78 is 68.7. The van der Waals surface area contributed by atoms with Gasteiger partial charge in [-0.05, 0) is 29.8 Å². The Labute approximate surface area is 178 Å². The smallest absolute Gasteiger partial charge is 0.369 e. The lowest BCUT2D eigenvalue weighted by atomic mass is 9.81. The summed E-state index contributed by atoms with van der Waals surface area (Å²) in [6.07, 6.45) is -0.888. The molecule has 11 heteroatoms. The van der Waals surface area contributed by atoms with E-state index >= 15 is 4.39 Å². The molecule has 2 aromatic heterocycles. The maximum Gasteiger partial charge on any atom is 0.417 e. The van der Waals surface area contributed by atoms with Gasteiger partial charge in [-0.3, -0.25) is 19.7 Å². The van der Waals surface area contributed by atoms with Crippen molar-refractivity contribution in [1.82, 2.24) is 14.9 Å². The fourth-order valence-corrected chi connectivity index (χ4v) is 3.51. The zero-order chi connectivity index (χ0) is 23.3. The van der Waals surface area contributed by atoms with E-state index in [1.807, 2.05) is 0 Å². The molecule has 3 aromatic rings. The van der Waals surface area contributed by atoms with Crippen LogP contribution in [0.5, 0.6) is 0 Å². The number of hydrogen-bond donors (Lipinski definition) is 1. The average Bonchev–Trinajstić information content (AvgIpc) is 2.98. The number of aliphatic imine (C=N–C) groups is 1. The van der Waals surface area contributed by atoms with Gasteiger partial charge in [-0.1, -0.05) is 6.07 Å². The minimum atomic E-state index is -4.76. The van der Waals surface area contributed by atoms with E-state index in [9.17, 15) is 22.4 Å². The first-order valence-corrected chi connectivity index (χ1v) is 9.11. The number of carbonyl (C=O) groups excluding carboxylic acids is 1. The second kappa shape index (κ2) is 7.36. The summed E-state index contributed by atoms with van der Waals surface area (Å²) in [5, 5.41) is 0. The number of likely N-dealkylation sites (N-methyl/N-ethyl adjacent to an activating group) is 1. The highest BCUT2D eigenvalue weighted by molar-refractivity contribution is 6.09. The third-order valence-electron chi connectivity index (χ3n) is 5.12. The number of amides is 1. The van der Waals surface area contributed by atoms with Crippen LogP contribution in [-0.4, -0.2) is 33.8 Å². The summed E-state index contributed by atoms with van der Waals surface area (Å²) in [5.41, 5.74) is 2.24. The summed E-state index contributed by atoms with van der Waals surface area (Å²) in [6.45, 7) is 0. The molecule has 0 fully saturated rings. The van der Waals surface area contributed by atoms with Gasteiger partial charge >= 0.3 is 6.18 Å². The number of benzene rings is 1. The Bertz CT molecular complexity index is 1260. The van der Waals surface area contributed by atoms with Crippen molar-refractivity contribution >= 4 is 11.9 Å². The number of nitrogens with two attached hydrogens (primary N) is 1. The number of aromatic nitrogens is 2. The van der Waals surface area contributed by atoms with Crippen molar-refractivity contribution in [3.8, 4) is 11.1 Å². The van der Waals surface area contributed by atoms with Crippen LogP contribution in [0, 0.1) is 11.6 Å². The van der Waals surface area contributed by atoms with E-state index in [0.29, 0.717) is 12.3 Å². The van der Waals surface area contributed by atoms with E-state index in [4.69, 9.17) is 5.73 Å². The number of rotatable bonds is 3. The maximum absolute atomic E-state index is 15.1. The molecule has 4 rings (SSSR count). The van der Waals surface area contributed by atoms with Crippen LogP contribution >= 0.6 is 0 Å². The Balaban J connectivity index is 2.00. The molecule has 3 heterocycles. The van der Waals surface area contributed by atoms with Crippen molar-refractivity contribution in [2.75, 3.05) is 7.05 Å². The van der Waals surface area contributed by atoms with Gasteiger partial charge in [0, 0.05) is 42.3 Å². The minimum Gasteiger partial charge on any atom is -0.369 e. The molecule has 1 aliphatic rings. The minimum absolute atomic E-state index is 0.263. The van der Waals surface area contributed by atoms with Crippen LogP contribution in [-0.2, 0) is 16.5 Å². The van der Waals surface area contributed by atoms with Crippen molar-refractivity contribution in [3.63, 3.8) is 0 Å². The first-order valence-electron chi connectivity index (χ1n) is 9.11. The van der Waals surface area contributed by atoms with Crippen LogP contribution in [0.1, 0.15) is 16.7 Å². The zero-order valence-corrected chi connectivity index (χ0v) is 16.4. The van der Waals surface area contributed by atoms with Crippen LogP contribution in [0.2, 0.25) is 0 Å². The Kier molecular flexibility index (Phi) is 4.91. The van der Waals surface area contributed by atoms with E-state index in [-0.39, 0.29) is 28.2 Å². The van der Waals surface area contributed by atoms with E-state index < -0.39 is 34.8 Å². The number of nitrogens with zero attached hydrogens (tertiary/aromatic N) is 4. The highest BCUT2D eigenvalue weighted by Crippen LogP contribution is 2.43. The molecular formula is C21H14F5N5O. The van der Waals surface area contributed by atoms with Gasteiger partial charge in [0.25, 0.3) is 5.91 Å². The van der Waals surface area contributed by atoms with E-state index in [2.05, 4.69) is 15.0 Å². The van der Waals surface area contributed by atoms with Crippen molar-refractivity contribution < 1.29 is 26.7 Å². The molecule has 0 bridgehead atoms. The molecule has 0 saturated heterocycles. The highest BCUT2D eigenvalue weighted by atomic mass is 19.4. The van der Waals surface area contributed by atoms with Crippen LogP contribution in [0.4, 0.5) is 22.0 Å². The Morgan fingerprint density at radius 3 is 2.31 bits per heavy atom. The summed E-state index contributed by atoms with van der Waals surface area (Å²) in [5.74, 6) is -2.76. The van der Waals surface area contributed by atoms with Gasteiger partial charge in [0.1, 0.15) is 11.6 Å². The number of carbonyl (C=O) groups is 1. The first-order chi connectivity index (χ1) is 15.0. The van der Waals surface area contributed by atoms with Gasteiger partial charge < -0.3 is 5.73 Å². The fraction of sp³-hybridized carbons (Fsp3) is 0.143. The molecule has 0 aliphatic carbocycles. The zero-order valence-electron chi connectivity index (χ0n) is 16.4. The van der Waals surface area contributed by atoms with Crippen LogP contribution in [0.25, 0.3) is 11.1 Å². The Morgan fingerprint density at radius 2 is 1.69 bits per heavy atom. The van der Waals surface area contributed by atoms with Gasteiger partial charge in [0.2, 0.25) is 0 Å². The summed E-state index contributed by atoms with van der Waals surface area (Å²) in [6, 6.07) is 5.36. The third-order valence-corrected chi connectivity index (χ3v) is 5.12. The SMILES string of the molecule is CN1C(=O)C(c2cncc(C(F)(F)F)c2)(c2cc(-c3cncc(F)c3)ccc2F)N=C1N. The molecule has 6 nitrogen and oxygen atoms in total. The quantitative estimate of drug-likeness (QED) is 0.624. The second-order valence-corrected chi connectivity index (χ2v) is 7.09. The standard InChI is InChI=1S/C21H14F5N5O/c1-31-18(32)20(30-19(31)27,13-6-14(9-29-8-13)21(24,25)26)16-5-11(2-3-17(16)23)12-4-15(22)10-28-7-12/h2-10H,1H3,(H2,27,30). The van der Waals surface area contributed by atoms with Crippen LogP contribution in [0.3, 0.4) is 0 Å². The van der Waals surface area contributed by atoms with Gasteiger partial charge in [-0.25, -0.2) is 13.8 Å². The lowest BCUT2D eigenvalue weighted by Gasteiger charge is -2.27. The molecule has 1 aromatic carbocycles. The first kappa shape index (κ1) is 21.3. The van der Waals surface area contributed by atoms with Crippen molar-refractivity contribution in [2.45, 2.75) is 11.7 Å². The number of guanidine groups is 1. The third kappa shape index (κ3) is 3.35. The second-order valence-electron chi connectivity index (χ2n) is 7.09. The maximum atomic E-state index is 15.1. The van der Waals surface area contributed by atoms with Crippen molar-refractivity contribution in [2.24, 2.45) is 10.7 Å². The van der Waals surface area contributed by atoms with Gasteiger partial charge in [0.05, 0.1) is 11.8 Å². The molecular weight excluding hydrogens is 433 g/mol. The largest absolute Gasteiger partial charge is 0.417 e. The lowest BCUT2D eigenvalue weighted by molar-refractivity contribution is -0.138. The van der Waals surface area contributed by atoms with E-state index in [1.165, 1.54) is 25.4 Å². The van der Waals surface area contributed by atoms with Gasteiger partial charge in [-0.2, -0.15) is 13.2 Å². The molecule has 1 amide bonds. The number of hydrogen-bond acceptors (Lipinski definition) is 5. The molecule has 0 spiro atoms. The van der Waals surface area contributed by atoms with Gasteiger partial charge in [-0.15, -0.1) is 0 Å². The molecule has 32 heavy (non-hydrogen) atoms. The Morgan fingerprint density at radius 1 is 0.969 bits per heavy atom. The van der Waals surface area contributed by atoms with Crippen LogP contribution < -0.4 is 5.73 Å². The number of alkyl halides is 3. The topological polar surface area (TPSA) is 84.5 Å². The predicted octanol–water partition coefficient (Wildman–Crippen LogP) is 3.47. The normalized spacial score (nSPS) is 18.8. The molecule has 1 unspecified atom stereocenters. The monoisotopic (exact) mass is 447 g/mol. The lowest BCUT2D eigenvalue weighted by Crippen LogP contribution is -2.41. The summed E-state index contributed by atoms with van der Waals surface area (Å²) >= 11 is 0. The van der Waals surface area contributed by atoms with E-state index in [1.54, 1.807) is 0 Å². The predicted molar refractivity (Wildman–Crippen MR) is 104 cm³/mol. The molecule has 2 N–H and O–H groups in total. The number of pyridine rings is 2. The van der Waals surface area contributed by atoms with Gasteiger partial charge in [0.15, 0.2) is 11.5 Å². The van der Waals surface area contributed by atoms with Crippen molar-refractivity contribution in [1.29, 1.82) is 0 Å². The number of halogens is 5. The van der Waals surface area contributed by atoms with Crippen LogP contribution in [0.15, 0.2) is 60.1 Å². The van der Waals surface area contributed by atoms with E-state index in [0.717, 1.165) is 29.4 Å². The highest BCUT2D eigenvalue weighted by Gasteiger charge is 2.52. The molecule has 1 aliphatic heterocycles. The fourth-order valence-electron chi connectivity index (χ4n) is 3.51. The summed E-state index contributed by atoms with van der Waals surface area (Å²) in [4.78, 5) is 25.6. The summed E-state index contributed by atoms with van der Waals surface area (Å²) in [7, 11) is 1.27. The molecule has 0 radical (unpaired) electrons. The molecule has 164 valence electrons. The molecule has 1 atom stereocenters. The molecule has 0 saturated carbocycles. The Hall–Kier alpha value is -3.89. The average molecular weight is 447 g/mol.